The molecule has 2 aromatic carbocycles. The van der Waals surface area contributed by atoms with Gasteiger partial charge in [-0.25, -0.2) is 0 Å². The van der Waals surface area contributed by atoms with Gasteiger partial charge in [0, 0.05) is 6.04 Å². The highest BCUT2D eigenvalue weighted by molar-refractivity contribution is 5.85. The first-order valence-electron chi connectivity index (χ1n) is 7.96. The van der Waals surface area contributed by atoms with Crippen molar-refractivity contribution in [1.82, 2.24) is 10.6 Å². The predicted molar refractivity (Wildman–Crippen MR) is 96.9 cm³/mol. The minimum atomic E-state index is 0. The van der Waals surface area contributed by atoms with E-state index in [0.717, 1.165) is 31.5 Å². The van der Waals surface area contributed by atoms with Gasteiger partial charge in [-0.05, 0) is 42.6 Å². The van der Waals surface area contributed by atoms with Crippen molar-refractivity contribution < 1.29 is 4.79 Å². The minimum Gasteiger partial charge on any atom is -0.353 e. The lowest BCUT2D eigenvalue weighted by molar-refractivity contribution is -0.121. The summed E-state index contributed by atoms with van der Waals surface area (Å²) in [6.45, 7) is 1.99. The number of carbonyl (C=O) groups excluding carboxylic acids is 1. The average molecular weight is 331 g/mol. The number of carbonyl (C=O) groups is 1. The maximum atomic E-state index is 12.1. The van der Waals surface area contributed by atoms with Gasteiger partial charge in [0.05, 0.1) is 6.42 Å². The van der Waals surface area contributed by atoms with Crippen LogP contribution in [-0.2, 0) is 11.2 Å². The molecule has 4 heteroatoms. The summed E-state index contributed by atoms with van der Waals surface area (Å²) in [6, 6.07) is 18.9. The molecule has 0 saturated carbocycles. The predicted octanol–water partition coefficient (Wildman–Crippen LogP) is 3.19. The normalized spacial score (nSPS) is 14.8. The highest BCUT2D eigenvalue weighted by Gasteiger charge is 2.15. The van der Waals surface area contributed by atoms with Gasteiger partial charge in [-0.15, -0.1) is 12.4 Å². The van der Waals surface area contributed by atoms with Crippen LogP contribution in [0.2, 0.25) is 0 Å². The monoisotopic (exact) mass is 330 g/mol. The first-order chi connectivity index (χ1) is 10.8. The van der Waals surface area contributed by atoms with Gasteiger partial charge in [0.2, 0.25) is 5.91 Å². The summed E-state index contributed by atoms with van der Waals surface area (Å²) >= 11 is 0. The van der Waals surface area contributed by atoms with Crippen molar-refractivity contribution in [1.29, 1.82) is 0 Å². The zero-order chi connectivity index (χ0) is 15.2. The van der Waals surface area contributed by atoms with Crippen LogP contribution < -0.4 is 10.6 Å². The molecule has 0 aromatic heterocycles. The second-order valence-corrected chi connectivity index (χ2v) is 5.83. The Morgan fingerprint density at radius 3 is 2.22 bits per heavy atom. The first-order valence-corrected chi connectivity index (χ1v) is 7.96. The molecule has 0 radical (unpaired) electrons. The average Bonchev–Trinajstić information content (AvgIpc) is 2.57. The molecule has 2 N–H and O–H groups in total. The topological polar surface area (TPSA) is 41.1 Å². The Morgan fingerprint density at radius 1 is 0.957 bits per heavy atom. The molecule has 1 saturated heterocycles. The molecule has 0 aliphatic carbocycles. The van der Waals surface area contributed by atoms with Crippen molar-refractivity contribution in [2.75, 3.05) is 13.1 Å². The standard InChI is InChI=1S/C19H22N2O.ClH/c22-19(21-18-10-12-20-13-11-18)14-15-6-8-17(9-7-15)16-4-2-1-3-5-16;/h1-9,18,20H,10-14H2,(H,21,22);1H. The number of piperidine rings is 1. The van der Waals surface area contributed by atoms with Crippen molar-refractivity contribution in [2.45, 2.75) is 25.3 Å². The van der Waals surface area contributed by atoms with E-state index in [1.54, 1.807) is 0 Å². The van der Waals surface area contributed by atoms with Crippen LogP contribution in [0.5, 0.6) is 0 Å². The van der Waals surface area contributed by atoms with Crippen molar-refractivity contribution in [2.24, 2.45) is 0 Å². The molecule has 0 unspecified atom stereocenters. The Labute approximate surface area is 143 Å². The van der Waals surface area contributed by atoms with E-state index in [2.05, 4.69) is 34.9 Å². The quantitative estimate of drug-likeness (QED) is 0.904. The SMILES string of the molecule is Cl.O=C(Cc1ccc(-c2ccccc2)cc1)NC1CCNCC1. The number of hydrogen-bond acceptors (Lipinski definition) is 2. The first kappa shape index (κ1) is 17.5. The summed E-state index contributed by atoms with van der Waals surface area (Å²) in [5, 5.41) is 6.44. The van der Waals surface area contributed by atoms with E-state index in [-0.39, 0.29) is 18.3 Å². The molecular formula is C19H23ClN2O. The molecule has 3 nitrogen and oxygen atoms in total. The van der Waals surface area contributed by atoms with Gasteiger partial charge in [-0.3, -0.25) is 4.79 Å². The van der Waals surface area contributed by atoms with Crippen LogP contribution in [0, 0.1) is 0 Å². The summed E-state index contributed by atoms with van der Waals surface area (Å²) in [5.74, 6) is 0.124. The van der Waals surface area contributed by atoms with E-state index in [1.165, 1.54) is 11.1 Å². The highest BCUT2D eigenvalue weighted by atomic mass is 35.5. The molecule has 1 fully saturated rings. The fraction of sp³-hybridized carbons (Fsp3) is 0.316. The van der Waals surface area contributed by atoms with E-state index in [9.17, 15) is 4.79 Å². The zero-order valence-corrected chi connectivity index (χ0v) is 13.9. The lowest BCUT2D eigenvalue weighted by Crippen LogP contribution is -2.43. The lowest BCUT2D eigenvalue weighted by Gasteiger charge is -2.23. The van der Waals surface area contributed by atoms with Crippen LogP contribution in [0.1, 0.15) is 18.4 Å². The summed E-state index contributed by atoms with van der Waals surface area (Å²) in [5.41, 5.74) is 3.45. The Kier molecular flexibility index (Phi) is 6.63. The van der Waals surface area contributed by atoms with Crippen LogP contribution in [0.4, 0.5) is 0 Å². The Morgan fingerprint density at radius 2 is 1.57 bits per heavy atom. The number of benzene rings is 2. The summed E-state index contributed by atoms with van der Waals surface area (Å²) < 4.78 is 0. The largest absolute Gasteiger partial charge is 0.353 e. The molecular weight excluding hydrogens is 308 g/mol. The van der Waals surface area contributed by atoms with Crippen molar-refractivity contribution >= 4 is 18.3 Å². The fourth-order valence-corrected chi connectivity index (χ4v) is 2.88. The molecule has 23 heavy (non-hydrogen) atoms. The van der Waals surface area contributed by atoms with Crippen molar-refractivity contribution in [3.63, 3.8) is 0 Å². The summed E-state index contributed by atoms with van der Waals surface area (Å²) in [4.78, 5) is 12.1. The van der Waals surface area contributed by atoms with E-state index in [4.69, 9.17) is 0 Å². The van der Waals surface area contributed by atoms with Gasteiger partial charge in [0.1, 0.15) is 0 Å². The molecule has 1 heterocycles. The van der Waals surface area contributed by atoms with E-state index >= 15 is 0 Å². The van der Waals surface area contributed by atoms with E-state index < -0.39 is 0 Å². The van der Waals surface area contributed by atoms with Crippen LogP contribution in [0.15, 0.2) is 54.6 Å². The second kappa shape index (κ2) is 8.70. The number of nitrogens with one attached hydrogen (secondary N) is 2. The second-order valence-electron chi connectivity index (χ2n) is 5.83. The van der Waals surface area contributed by atoms with Gasteiger partial charge < -0.3 is 10.6 Å². The Hall–Kier alpha value is -1.84. The van der Waals surface area contributed by atoms with Crippen LogP contribution in [0.3, 0.4) is 0 Å². The smallest absolute Gasteiger partial charge is 0.224 e. The van der Waals surface area contributed by atoms with Gasteiger partial charge in [-0.1, -0.05) is 54.6 Å². The molecule has 0 spiro atoms. The van der Waals surface area contributed by atoms with Crippen LogP contribution in [0.25, 0.3) is 11.1 Å². The molecule has 1 aliphatic heterocycles. The number of amides is 1. The van der Waals surface area contributed by atoms with E-state index in [1.807, 2.05) is 30.3 Å². The number of halogens is 1. The molecule has 1 aliphatic rings. The Balaban J connectivity index is 0.00000192. The minimum absolute atomic E-state index is 0. The third kappa shape index (κ3) is 5.08. The summed E-state index contributed by atoms with van der Waals surface area (Å²) in [7, 11) is 0. The molecule has 0 atom stereocenters. The molecule has 1 amide bonds. The highest BCUT2D eigenvalue weighted by Crippen LogP contribution is 2.19. The molecule has 122 valence electrons. The molecule has 2 aromatic rings. The maximum Gasteiger partial charge on any atom is 0.224 e. The van der Waals surface area contributed by atoms with Crippen LogP contribution in [-0.4, -0.2) is 25.0 Å². The third-order valence-electron chi connectivity index (χ3n) is 4.13. The molecule has 0 bridgehead atoms. The van der Waals surface area contributed by atoms with Gasteiger partial charge in [0.25, 0.3) is 0 Å². The third-order valence-corrected chi connectivity index (χ3v) is 4.13. The Bertz CT molecular complexity index is 607. The van der Waals surface area contributed by atoms with Gasteiger partial charge in [-0.2, -0.15) is 0 Å². The van der Waals surface area contributed by atoms with Crippen molar-refractivity contribution in [3.05, 3.63) is 60.2 Å². The fourth-order valence-electron chi connectivity index (χ4n) is 2.88. The lowest BCUT2D eigenvalue weighted by atomic mass is 10.0. The van der Waals surface area contributed by atoms with Crippen LogP contribution >= 0.6 is 12.4 Å². The number of hydrogen-bond donors (Lipinski definition) is 2. The maximum absolute atomic E-state index is 12.1. The molecule has 3 rings (SSSR count). The van der Waals surface area contributed by atoms with Gasteiger partial charge in [0.15, 0.2) is 0 Å². The number of rotatable bonds is 4. The summed E-state index contributed by atoms with van der Waals surface area (Å²) in [6.07, 6.45) is 2.51. The van der Waals surface area contributed by atoms with E-state index in [0.29, 0.717) is 12.5 Å². The zero-order valence-electron chi connectivity index (χ0n) is 13.1. The van der Waals surface area contributed by atoms with Crippen molar-refractivity contribution in [3.8, 4) is 11.1 Å². The van der Waals surface area contributed by atoms with Gasteiger partial charge >= 0.3 is 0 Å².